The van der Waals surface area contributed by atoms with Gasteiger partial charge in [-0.15, -0.1) is 0 Å². The molecule has 16 heteroatoms. The molecular weight excluding hydrogens is 847 g/mol. The largest absolute Gasteiger partial charge is 0.464 e. The second kappa shape index (κ2) is 20.6. The number of ether oxygens (including phenoxy) is 1. The molecular formula is C50H62F2N8O6. The fourth-order valence-electron chi connectivity index (χ4n) is 9.92. The van der Waals surface area contributed by atoms with Gasteiger partial charge in [-0.2, -0.15) is 0 Å². The fourth-order valence-corrected chi connectivity index (χ4v) is 9.92. The summed E-state index contributed by atoms with van der Waals surface area (Å²) in [5, 5.41) is 7.13. The first-order valence-corrected chi connectivity index (χ1v) is 23.0. The van der Waals surface area contributed by atoms with E-state index in [1.165, 1.54) is 31.2 Å². The average molecular weight is 909 g/mol. The Hall–Kier alpha value is -6.13. The van der Waals surface area contributed by atoms with Gasteiger partial charge in [-0.1, -0.05) is 52.0 Å². The molecule has 7 N–H and O–H groups in total. The second-order valence-electron chi connectivity index (χ2n) is 18.3. The van der Waals surface area contributed by atoms with Crippen LogP contribution >= 0.6 is 0 Å². The topological polar surface area (TPSA) is 198 Å². The summed E-state index contributed by atoms with van der Waals surface area (Å²) < 4.78 is 37.5. The van der Waals surface area contributed by atoms with Crippen molar-refractivity contribution < 1.29 is 37.5 Å². The lowest BCUT2D eigenvalue weighted by Gasteiger charge is -2.31. The Morgan fingerprint density at radius 3 is 1.80 bits per heavy atom. The van der Waals surface area contributed by atoms with Crippen LogP contribution in [0.1, 0.15) is 71.4 Å². The van der Waals surface area contributed by atoms with Crippen LogP contribution < -0.4 is 22.1 Å². The molecule has 4 heterocycles. The zero-order chi connectivity index (χ0) is 47.4. The van der Waals surface area contributed by atoms with Crippen LogP contribution in [0.4, 0.5) is 8.78 Å². The number of esters is 1. The monoisotopic (exact) mass is 908 g/mol. The summed E-state index contributed by atoms with van der Waals surface area (Å²) >= 11 is 0. The molecule has 0 unspecified atom stereocenters. The SMILES string of the molecule is CC(=O)OCCn1c(-c2ccc(-c3[nH]c4cc(F)ccc4c3C[C@H]3CCCN3C(=O)[C@@H](NC(=O)CN)C(C)C)cc2)c(C[C@H]2CCCN2C(=O)[C@@H](NC(=O)CN)C(C)C)c2cc(F)ccc21. The minimum absolute atomic E-state index is 0.0684. The van der Waals surface area contributed by atoms with Crippen molar-refractivity contribution in [3.63, 3.8) is 0 Å². The number of benzene rings is 3. The van der Waals surface area contributed by atoms with Crippen molar-refractivity contribution in [1.82, 2.24) is 30.0 Å². The van der Waals surface area contributed by atoms with Crippen molar-refractivity contribution in [2.24, 2.45) is 23.3 Å². The van der Waals surface area contributed by atoms with Crippen LogP contribution in [0.25, 0.3) is 44.3 Å². The highest BCUT2D eigenvalue weighted by Gasteiger charge is 2.38. The highest BCUT2D eigenvalue weighted by atomic mass is 19.1. The van der Waals surface area contributed by atoms with Crippen molar-refractivity contribution in [2.45, 2.75) is 104 Å². The first kappa shape index (κ1) is 47.8. The van der Waals surface area contributed by atoms with Crippen LogP contribution in [0.5, 0.6) is 0 Å². The van der Waals surface area contributed by atoms with E-state index in [-0.39, 0.29) is 62.0 Å². The number of nitrogens with two attached hydrogens (primary N) is 2. The van der Waals surface area contributed by atoms with E-state index in [0.717, 1.165) is 63.8 Å². The minimum atomic E-state index is -0.764. The predicted molar refractivity (Wildman–Crippen MR) is 250 cm³/mol. The molecule has 0 bridgehead atoms. The highest BCUT2D eigenvalue weighted by Crippen LogP contribution is 2.40. The summed E-state index contributed by atoms with van der Waals surface area (Å²) in [5.74, 6) is -2.75. The maximum atomic E-state index is 15.3. The molecule has 2 saturated heterocycles. The Kier molecular flexibility index (Phi) is 14.9. The number of likely N-dealkylation sites (tertiary alicyclic amines) is 2. The number of hydrogen-bond acceptors (Lipinski definition) is 8. The van der Waals surface area contributed by atoms with Crippen molar-refractivity contribution >= 4 is 51.4 Å². The van der Waals surface area contributed by atoms with Gasteiger partial charge in [-0.05, 0) is 109 Å². The normalized spacial score (nSPS) is 17.3. The van der Waals surface area contributed by atoms with E-state index in [1.54, 1.807) is 12.1 Å². The number of nitrogens with one attached hydrogen (secondary N) is 3. The molecule has 0 radical (unpaired) electrons. The number of carbonyl (C=O) groups excluding carboxylic acids is 5. The van der Waals surface area contributed by atoms with Crippen LogP contribution in [0.3, 0.4) is 0 Å². The molecule has 2 aliphatic rings. The van der Waals surface area contributed by atoms with Crippen LogP contribution in [0.2, 0.25) is 0 Å². The number of halogens is 2. The molecule has 0 saturated carbocycles. The minimum Gasteiger partial charge on any atom is -0.464 e. The second-order valence-corrected chi connectivity index (χ2v) is 18.3. The van der Waals surface area contributed by atoms with E-state index in [9.17, 15) is 28.4 Å². The number of rotatable bonds is 17. The van der Waals surface area contributed by atoms with Gasteiger partial charge >= 0.3 is 5.97 Å². The Balaban J connectivity index is 1.28. The number of carbonyl (C=O) groups is 5. The smallest absolute Gasteiger partial charge is 0.302 e. The zero-order valence-electron chi connectivity index (χ0n) is 38.4. The Morgan fingerprint density at radius 1 is 0.727 bits per heavy atom. The lowest BCUT2D eigenvalue weighted by molar-refractivity contribution is -0.141. The van der Waals surface area contributed by atoms with Crippen LogP contribution in [0, 0.1) is 23.5 Å². The first-order chi connectivity index (χ1) is 31.6. The maximum absolute atomic E-state index is 15.3. The molecule has 5 aromatic rings. The summed E-state index contributed by atoms with van der Waals surface area (Å²) in [5.41, 5.74) is 17.5. The lowest BCUT2D eigenvalue weighted by atomic mass is 9.94. The number of amides is 4. The number of nitrogens with zero attached hydrogens (tertiary/aromatic N) is 3. The van der Waals surface area contributed by atoms with Gasteiger partial charge in [0, 0.05) is 59.6 Å². The molecule has 7 rings (SSSR count). The zero-order valence-corrected chi connectivity index (χ0v) is 38.4. The number of H-pyrrole nitrogens is 1. The number of aromatic nitrogens is 2. The maximum Gasteiger partial charge on any atom is 0.302 e. The summed E-state index contributed by atoms with van der Waals surface area (Å²) in [4.78, 5) is 72.1. The Labute approximate surface area is 383 Å². The van der Waals surface area contributed by atoms with Crippen molar-refractivity contribution in [1.29, 1.82) is 0 Å². The molecule has 4 atom stereocenters. The Bertz CT molecular complexity index is 2600. The predicted octanol–water partition coefficient (Wildman–Crippen LogP) is 5.56. The summed E-state index contributed by atoms with van der Waals surface area (Å²) in [6.45, 7) is 9.81. The summed E-state index contributed by atoms with van der Waals surface area (Å²) in [6.07, 6.45) is 3.86. The highest BCUT2D eigenvalue weighted by molar-refractivity contribution is 5.95. The van der Waals surface area contributed by atoms with E-state index in [0.29, 0.717) is 43.3 Å². The molecule has 352 valence electrons. The standard InChI is InChI=1S/C50H62F2N8O6/c1-28(2)45(56-43(62)26-53)49(64)58-18-6-8-35(58)24-39-37-16-14-34(52)23-41(37)55-47(39)31-10-12-32(13-11-31)48-40(38-22-33(51)15-17-42(38)60(48)20-21-66-30(5)61)25-36-9-7-19-59(36)50(65)46(29(3)4)57-44(63)27-54/h10-17,22-23,28-29,35-36,45-46,55H,6-9,18-21,24-27,53-54H2,1-5H3,(H,56,62)(H,57,63)/t35-,36-,45+,46+/m1/s1. The van der Waals surface area contributed by atoms with Gasteiger partial charge in [-0.25, -0.2) is 8.78 Å². The number of aromatic amines is 1. The van der Waals surface area contributed by atoms with Crippen molar-refractivity contribution in [3.05, 3.63) is 83.4 Å². The quantitative estimate of drug-likeness (QED) is 0.0748. The van der Waals surface area contributed by atoms with Crippen molar-refractivity contribution in [2.75, 3.05) is 32.8 Å². The van der Waals surface area contributed by atoms with Crippen molar-refractivity contribution in [3.8, 4) is 22.5 Å². The summed E-state index contributed by atoms with van der Waals surface area (Å²) in [6, 6.07) is 15.3. The van der Waals surface area contributed by atoms with Crippen LogP contribution in [-0.4, -0.2) is 106 Å². The number of hydrogen-bond donors (Lipinski definition) is 5. The van der Waals surface area contributed by atoms with Crippen LogP contribution in [0.15, 0.2) is 60.7 Å². The fraction of sp³-hybridized carbons (Fsp3) is 0.460. The van der Waals surface area contributed by atoms with Gasteiger partial charge in [0.2, 0.25) is 23.6 Å². The lowest BCUT2D eigenvalue weighted by Crippen LogP contribution is -2.53. The first-order valence-electron chi connectivity index (χ1n) is 23.0. The van der Waals surface area contributed by atoms with Crippen LogP contribution in [-0.2, 0) is 48.1 Å². The van der Waals surface area contributed by atoms with E-state index in [4.69, 9.17) is 16.2 Å². The molecule has 14 nitrogen and oxygen atoms in total. The third-order valence-corrected chi connectivity index (χ3v) is 13.1. The van der Waals surface area contributed by atoms with Gasteiger partial charge in [0.1, 0.15) is 30.3 Å². The van der Waals surface area contributed by atoms with E-state index < -0.39 is 41.5 Å². The van der Waals surface area contributed by atoms with E-state index in [1.807, 2.05) is 66.3 Å². The molecule has 3 aromatic carbocycles. The molecule has 0 spiro atoms. The van der Waals surface area contributed by atoms with Gasteiger partial charge in [-0.3, -0.25) is 24.0 Å². The molecule has 2 fully saturated rings. The summed E-state index contributed by atoms with van der Waals surface area (Å²) in [7, 11) is 0. The third kappa shape index (κ3) is 10.1. The van der Waals surface area contributed by atoms with E-state index in [2.05, 4.69) is 15.6 Å². The number of fused-ring (bicyclic) bond motifs is 2. The average Bonchev–Trinajstić information content (AvgIpc) is 4.09. The third-order valence-electron chi connectivity index (χ3n) is 13.1. The molecule has 2 aliphatic heterocycles. The van der Waals surface area contributed by atoms with E-state index >= 15 is 4.39 Å². The Morgan fingerprint density at radius 2 is 1.26 bits per heavy atom. The molecule has 0 aliphatic carbocycles. The molecule has 66 heavy (non-hydrogen) atoms. The van der Waals surface area contributed by atoms with Gasteiger partial charge in [0.05, 0.1) is 25.3 Å². The molecule has 2 aromatic heterocycles. The van der Waals surface area contributed by atoms with Gasteiger partial charge < -0.3 is 46.2 Å². The van der Waals surface area contributed by atoms with Gasteiger partial charge in [0.25, 0.3) is 0 Å². The van der Waals surface area contributed by atoms with Gasteiger partial charge in [0.15, 0.2) is 0 Å². The molecule has 4 amide bonds.